The number of carbonyl (C=O) groups excluding carboxylic acids is 2. The second kappa shape index (κ2) is 9.09. The molecule has 1 atom stereocenters. The number of carbonyl (C=O) groups is 2. The molecule has 118 valence electrons. The van der Waals surface area contributed by atoms with Gasteiger partial charge in [0.15, 0.2) is 0 Å². The van der Waals surface area contributed by atoms with Gasteiger partial charge in [0.05, 0.1) is 26.0 Å². The van der Waals surface area contributed by atoms with E-state index in [9.17, 15) is 9.59 Å². The highest BCUT2D eigenvalue weighted by Crippen LogP contribution is 1.98. The molecule has 0 saturated carbocycles. The molecule has 0 saturated heterocycles. The molecule has 1 rings (SSSR count). The van der Waals surface area contributed by atoms with Gasteiger partial charge in [0, 0.05) is 32.4 Å². The predicted octanol–water partition coefficient (Wildman–Crippen LogP) is -0.682. The molecule has 8 nitrogen and oxygen atoms in total. The molecule has 0 aliphatic carbocycles. The lowest BCUT2D eigenvalue weighted by Gasteiger charge is -2.12. The Morgan fingerprint density at radius 2 is 2.14 bits per heavy atom. The fourth-order valence-corrected chi connectivity index (χ4v) is 1.51. The molecular weight excluding hydrogens is 276 g/mol. The quantitative estimate of drug-likeness (QED) is 0.461. The van der Waals surface area contributed by atoms with Crippen molar-refractivity contribution in [3.8, 4) is 0 Å². The number of ether oxygens (including phenoxy) is 2. The third-order valence-electron chi connectivity index (χ3n) is 2.73. The summed E-state index contributed by atoms with van der Waals surface area (Å²) in [4.78, 5) is 31.1. The summed E-state index contributed by atoms with van der Waals surface area (Å²) in [7, 11) is 3.37. The molecule has 0 aromatic carbocycles. The van der Waals surface area contributed by atoms with E-state index in [1.807, 2.05) is 0 Å². The number of H-pyrrole nitrogens is 1. The first-order chi connectivity index (χ1) is 10.0. The minimum atomic E-state index is -0.735. The number of rotatable bonds is 9. The molecule has 0 fully saturated rings. The van der Waals surface area contributed by atoms with Crippen molar-refractivity contribution in [1.29, 1.82) is 0 Å². The zero-order valence-corrected chi connectivity index (χ0v) is 12.4. The number of aromatic nitrogens is 2. The monoisotopic (exact) mass is 298 g/mol. The zero-order valence-electron chi connectivity index (χ0n) is 12.4. The molecule has 0 aliphatic heterocycles. The van der Waals surface area contributed by atoms with Crippen LogP contribution in [0.5, 0.6) is 0 Å². The van der Waals surface area contributed by atoms with Crippen LogP contribution in [0.3, 0.4) is 0 Å². The zero-order chi connectivity index (χ0) is 15.7. The number of aromatic amines is 1. The number of imidazole rings is 1. The Balaban J connectivity index is 2.06. The highest BCUT2D eigenvalue weighted by molar-refractivity contribution is 5.76. The van der Waals surface area contributed by atoms with Gasteiger partial charge in [-0.2, -0.15) is 0 Å². The number of nitrogens with one attached hydrogen (secondary N) is 1. The summed E-state index contributed by atoms with van der Waals surface area (Å²) in [6, 6.07) is -0.735. The standard InChI is InChI=1S/C13H22N4O4/c1-17(2)12(18)3-4-20-5-6-21-13(19)11(14)7-10-8-15-9-16-10/h8-9,11H,3-7,14H2,1-2H3,(H,15,16). The number of hydrogen-bond acceptors (Lipinski definition) is 6. The third-order valence-corrected chi connectivity index (χ3v) is 2.73. The van der Waals surface area contributed by atoms with Crippen molar-refractivity contribution in [2.75, 3.05) is 33.9 Å². The van der Waals surface area contributed by atoms with Gasteiger partial charge < -0.3 is 25.1 Å². The molecule has 1 aromatic rings. The number of nitrogens with two attached hydrogens (primary N) is 1. The third kappa shape index (κ3) is 6.87. The summed E-state index contributed by atoms with van der Waals surface area (Å²) in [6.07, 6.45) is 3.78. The Morgan fingerprint density at radius 3 is 2.76 bits per heavy atom. The Hall–Kier alpha value is -1.93. The van der Waals surface area contributed by atoms with E-state index >= 15 is 0 Å². The molecule has 0 spiro atoms. The average Bonchev–Trinajstić information content (AvgIpc) is 2.94. The highest BCUT2D eigenvalue weighted by Gasteiger charge is 2.16. The molecule has 21 heavy (non-hydrogen) atoms. The van der Waals surface area contributed by atoms with E-state index in [0.29, 0.717) is 19.4 Å². The molecule has 0 radical (unpaired) electrons. The van der Waals surface area contributed by atoms with Crippen LogP contribution in [0.2, 0.25) is 0 Å². The fraction of sp³-hybridized carbons (Fsp3) is 0.615. The largest absolute Gasteiger partial charge is 0.462 e. The van der Waals surface area contributed by atoms with Gasteiger partial charge in [-0.1, -0.05) is 0 Å². The smallest absolute Gasteiger partial charge is 0.323 e. The maximum atomic E-state index is 11.6. The van der Waals surface area contributed by atoms with Gasteiger partial charge in [-0.15, -0.1) is 0 Å². The van der Waals surface area contributed by atoms with Crippen LogP contribution in [0.4, 0.5) is 0 Å². The van der Waals surface area contributed by atoms with Crippen molar-refractivity contribution in [3.63, 3.8) is 0 Å². The maximum Gasteiger partial charge on any atom is 0.323 e. The first kappa shape index (κ1) is 17.1. The van der Waals surface area contributed by atoms with Gasteiger partial charge in [0.2, 0.25) is 5.91 Å². The van der Waals surface area contributed by atoms with Crippen LogP contribution < -0.4 is 5.73 Å². The summed E-state index contributed by atoms with van der Waals surface area (Å²) < 4.78 is 10.2. The Bertz CT molecular complexity index is 433. The molecule has 1 heterocycles. The van der Waals surface area contributed by atoms with Gasteiger partial charge in [0.25, 0.3) is 0 Å². The lowest BCUT2D eigenvalue weighted by Crippen LogP contribution is -2.35. The van der Waals surface area contributed by atoms with Crippen molar-refractivity contribution < 1.29 is 19.1 Å². The summed E-state index contributed by atoms with van der Waals surface area (Å²) in [5.41, 5.74) is 6.48. The van der Waals surface area contributed by atoms with E-state index in [2.05, 4.69) is 9.97 Å². The Morgan fingerprint density at radius 1 is 1.38 bits per heavy atom. The van der Waals surface area contributed by atoms with Gasteiger partial charge >= 0.3 is 5.97 Å². The second-order valence-electron chi connectivity index (χ2n) is 4.71. The van der Waals surface area contributed by atoms with Crippen molar-refractivity contribution in [3.05, 3.63) is 18.2 Å². The molecule has 0 aliphatic rings. The molecular formula is C13H22N4O4. The summed E-state index contributed by atoms with van der Waals surface area (Å²) in [5, 5.41) is 0. The van der Waals surface area contributed by atoms with Crippen LogP contribution >= 0.6 is 0 Å². The van der Waals surface area contributed by atoms with E-state index in [4.69, 9.17) is 15.2 Å². The van der Waals surface area contributed by atoms with Gasteiger partial charge in [-0.25, -0.2) is 4.98 Å². The molecule has 1 aromatic heterocycles. The Labute approximate surface area is 123 Å². The predicted molar refractivity (Wildman–Crippen MR) is 75.4 cm³/mol. The molecule has 0 bridgehead atoms. The number of amides is 1. The second-order valence-corrected chi connectivity index (χ2v) is 4.71. The minimum absolute atomic E-state index is 0.00595. The van der Waals surface area contributed by atoms with Crippen LogP contribution in [0.1, 0.15) is 12.1 Å². The van der Waals surface area contributed by atoms with Crippen LogP contribution in [0.25, 0.3) is 0 Å². The fourth-order valence-electron chi connectivity index (χ4n) is 1.51. The Kier molecular flexibility index (Phi) is 7.41. The first-order valence-corrected chi connectivity index (χ1v) is 6.68. The van der Waals surface area contributed by atoms with Crippen molar-refractivity contribution in [1.82, 2.24) is 14.9 Å². The minimum Gasteiger partial charge on any atom is -0.462 e. The van der Waals surface area contributed by atoms with E-state index in [1.165, 1.54) is 11.2 Å². The van der Waals surface area contributed by atoms with Gasteiger partial charge in [-0.3, -0.25) is 9.59 Å². The van der Waals surface area contributed by atoms with Gasteiger partial charge in [-0.05, 0) is 0 Å². The van der Waals surface area contributed by atoms with Crippen molar-refractivity contribution >= 4 is 11.9 Å². The van der Waals surface area contributed by atoms with E-state index in [0.717, 1.165) is 5.69 Å². The lowest BCUT2D eigenvalue weighted by molar-refractivity contribution is -0.147. The van der Waals surface area contributed by atoms with Crippen LogP contribution in [-0.4, -0.2) is 66.7 Å². The van der Waals surface area contributed by atoms with E-state index in [1.54, 1.807) is 20.3 Å². The van der Waals surface area contributed by atoms with Crippen LogP contribution in [0, 0.1) is 0 Å². The van der Waals surface area contributed by atoms with Crippen LogP contribution in [0.15, 0.2) is 12.5 Å². The van der Waals surface area contributed by atoms with Crippen LogP contribution in [-0.2, 0) is 25.5 Å². The number of esters is 1. The molecule has 8 heteroatoms. The summed E-state index contributed by atoms with van der Waals surface area (Å²) in [6.45, 7) is 0.656. The average molecular weight is 298 g/mol. The highest BCUT2D eigenvalue weighted by atomic mass is 16.6. The van der Waals surface area contributed by atoms with Crippen molar-refractivity contribution in [2.24, 2.45) is 5.73 Å². The number of hydrogen-bond donors (Lipinski definition) is 2. The molecule has 3 N–H and O–H groups in total. The van der Waals surface area contributed by atoms with Gasteiger partial charge in [0.1, 0.15) is 12.6 Å². The number of nitrogens with zero attached hydrogens (tertiary/aromatic N) is 2. The lowest BCUT2D eigenvalue weighted by atomic mass is 10.2. The topological polar surface area (TPSA) is 111 Å². The SMILES string of the molecule is CN(C)C(=O)CCOCCOC(=O)C(N)Cc1cnc[nH]1. The molecule has 1 amide bonds. The summed E-state index contributed by atoms with van der Waals surface area (Å²) in [5.74, 6) is -0.494. The molecule has 1 unspecified atom stereocenters. The first-order valence-electron chi connectivity index (χ1n) is 6.68. The van der Waals surface area contributed by atoms with E-state index < -0.39 is 12.0 Å². The maximum absolute atomic E-state index is 11.6. The van der Waals surface area contributed by atoms with Crippen molar-refractivity contribution in [2.45, 2.75) is 18.9 Å². The summed E-state index contributed by atoms with van der Waals surface area (Å²) >= 11 is 0. The van der Waals surface area contributed by atoms with E-state index in [-0.39, 0.29) is 19.1 Å². The normalized spacial score (nSPS) is 12.0.